The van der Waals surface area contributed by atoms with Gasteiger partial charge in [0.2, 0.25) is 0 Å². The van der Waals surface area contributed by atoms with Crippen molar-refractivity contribution in [1.29, 1.82) is 0 Å². The Hall–Kier alpha value is -2.89. The van der Waals surface area contributed by atoms with Crippen LogP contribution < -0.4 is 4.90 Å². The van der Waals surface area contributed by atoms with E-state index in [0.29, 0.717) is 29.8 Å². The van der Waals surface area contributed by atoms with Gasteiger partial charge >= 0.3 is 5.97 Å². The van der Waals surface area contributed by atoms with E-state index >= 15 is 0 Å². The molecule has 1 N–H and O–H groups in total. The molecule has 1 aliphatic heterocycles. The number of H-pyrrole nitrogens is 1. The van der Waals surface area contributed by atoms with Gasteiger partial charge in [-0.25, -0.2) is 4.79 Å². The van der Waals surface area contributed by atoms with Gasteiger partial charge in [0.1, 0.15) is 5.69 Å². The number of hydrogen-bond donors (Lipinski definition) is 1. The lowest BCUT2D eigenvalue weighted by molar-refractivity contribution is 0.0598. The van der Waals surface area contributed by atoms with Gasteiger partial charge in [0, 0.05) is 29.9 Å². The minimum atomic E-state index is -0.390. The van der Waals surface area contributed by atoms with Crippen LogP contribution in [-0.4, -0.2) is 36.3 Å². The van der Waals surface area contributed by atoms with Crippen molar-refractivity contribution in [3.63, 3.8) is 0 Å². The van der Waals surface area contributed by atoms with Gasteiger partial charge in [0.05, 0.1) is 12.7 Å². The number of aryl methyl sites for hydroxylation is 1. The van der Waals surface area contributed by atoms with E-state index in [0.717, 1.165) is 48.2 Å². The first-order valence-electron chi connectivity index (χ1n) is 9.29. The van der Waals surface area contributed by atoms with Gasteiger partial charge in [-0.15, -0.1) is 0 Å². The van der Waals surface area contributed by atoms with Crippen LogP contribution in [0.4, 0.5) is 5.69 Å². The molecular formula is C21H22N2O4. The molecule has 6 heteroatoms. The van der Waals surface area contributed by atoms with Crippen molar-refractivity contribution in [3.05, 3.63) is 51.8 Å². The number of fused-ring (bicyclic) bond motifs is 2. The number of Topliss-reactive ketones (excluding diaryl/α,β-unsaturated/α-hetero) is 1. The lowest BCUT2D eigenvalue weighted by Gasteiger charge is -2.30. The number of ether oxygens (including phenoxy) is 1. The molecule has 0 unspecified atom stereocenters. The molecular weight excluding hydrogens is 344 g/mol. The molecule has 6 nitrogen and oxygen atoms in total. The van der Waals surface area contributed by atoms with Crippen LogP contribution in [0.15, 0.2) is 18.2 Å². The lowest BCUT2D eigenvalue weighted by Crippen LogP contribution is -2.36. The Morgan fingerprint density at radius 1 is 1.15 bits per heavy atom. The Balaban J connectivity index is 1.76. The van der Waals surface area contributed by atoms with Crippen LogP contribution in [0.1, 0.15) is 67.3 Å². The third kappa shape index (κ3) is 2.76. The number of aromatic amines is 1. The second kappa shape index (κ2) is 6.68. The molecule has 2 heterocycles. The van der Waals surface area contributed by atoms with E-state index in [-0.39, 0.29) is 11.7 Å². The molecule has 1 aliphatic carbocycles. The number of ketones is 1. The zero-order chi connectivity index (χ0) is 19.1. The summed E-state index contributed by atoms with van der Waals surface area (Å²) >= 11 is 0. The molecule has 0 spiro atoms. The van der Waals surface area contributed by atoms with Crippen molar-refractivity contribution in [3.8, 4) is 0 Å². The number of esters is 1. The Labute approximate surface area is 157 Å². The molecule has 2 aromatic rings. The van der Waals surface area contributed by atoms with E-state index in [1.54, 1.807) is 17.0 Å². The van der Waals surface area contributed by atoms with Crippen molar-refractivity contribution in [1.82, 2.24) is 4.98 Å². The van der Waals surface area contributed by atoms with Crippen molar-refractivity contribution < 1.29 is 19.1 Å². The van der Waals surface area contributed by atoms with Gasteiger partial charge in [-0.05, 0) is 55.9 Å². The van der Waals surface area contributed by atoms with E-state index in [2.05, 4.69) is 4.98 Å². The van der Waals surface area contributed by atoms with Gasteiger partial charge in [-0.1, -0.05) is 6.07 Å². The van der Waals surface area contributed by atoms with Gasteiger partial charge in [0.25, 0.3) is 5.91 Å². The smallest absolute Gasteiger partial charge is 0.338 e. The number of carbonyl (C=O) groups is 3. The predicted octanol–water partition coefficient (Wildman–Crippen LogP) is 3.22. The van der Waals surface area contributed by atoms with Crippen molar-refractivity contribution in [2.75, 3.05) is 18.6 Å². The second-order valence-electron chi connectivity index (χ2n) is 7.11. The predicted molar refractivity (Wildman–Crippen MR) is 101 cm³/mol. The third-order valence-corrected chi connectivity index (χ3v) is 5.55. The number of nitrogens with one attached hydrogen (secondary N) is 1. The lowest BCUT2D eigenvalue weighted by atomic mass is 9.93. The maximum absolute atomic E-state index is 13.3. The highest BCUT2D eigenvalue weighted by Crippen LogP contribution is 2.33. The fraction of sp³-hybridized carbons (Fsp3) is 0.381. The molecule has 4 rings (SSSR count). The van der Waals surface area contributed by atoms with Crippen molar-refractivity contribution >= 4 is 23.3 Å². The first-order valence-corrected chi connectivity index (χ1v) is 9.29. The number of carbonyl (C=O) groups excluding carboxylic acids is 3. The van der Waals surface area contributed by atoms with E-state index in [1.807, 2.05) is 13.0 Å². The molecule has 0 saturated carbocycles. The second-order valence-corrected chi connectivity index (χ2v) is 7.11. The Kier molecular flexibility index (Phi) is 4.34. The summed E-state index contributed by atoms with van der Waals surface area (Å²) in [7, 11) is 1.36. The molecule has 2 aliphatic rings. The molecule has 27 heavy (non-hydrogen) atoms. The number of anilines is 1. The highest BCUT2D eigenvalue weighted by atomic mass is 16.5. The summed E-state index contributed by atoms with van der Waals surface area (Å²) in [5.41, 5.74) is 4.85. The van der Waals surface area contributed by atoms with E-state index < -0.39 is 5.97 Å². The number of amides is 1. The highest BCUT2D eigenvalue weighted by Gasteiger charge is 2.31. The maximum atomic E-state index is 13.3. The molecule has 0 radical (unpaired) electrons. The monoisotopic (exact) mass is 366 g/mol. The Morgan fingerprint density at radius 3 is 2.70 bits per heavy atom. The number of aromatic nitrogens is 1. The van der Waals surface area contributed by atoms with E-state index in [4.69, 9.17) is 4.74 Å². The SMILES string of the molecule is COC(=O)c1cccc2c1CCCN2C(=O)c1[nH]c2c(c1C)C(=O)CCC2. The van der Waals surface area contributed by atoms with Crippen LogP contribution in [0, 0.1) is 6.92 Å². The average molecular weight is 366 g/mol. The Bertz CT molecular complexity index is 957. The van der Waals surface area contributed by atoms with Gasteiger partial charge in [-0.3, -0.25) is 9.59 Å². The first kappa shape index (κ1) is 17.5. The summed E-state index contributed by atoms with van der Waals surface area (Å²) in [5.74, 6) is -0.438. The topological polar surface area (TPSA) is 79.5 Å². The van der Waals surface area contributed by atoms with Gasteiger partial charge in [-0.2, -0.15) is 0 Å². The molecule has 0 fully saturated rings. The largest absolute Gasteiger partial charge is 0.465 e. The molecule has 1 aromatic heterocycles. The number of rotatable bonds is 2. The fourth-order valence-electron chi connectivity index (χ4n) is 4.26. The van der Waals surface area contributed by atoms with Gasteiger partial charge in [0.15, 0.2) is 5.78 Å². The van der Waals surface area contributed by atoms with Crippen LogP contribution in [0.25, 0.3) is 0 Å². The zero-order valence-electron chi connectivity index (χ0n) is 15.6. The summed E-state index contributed by atoms with van der Waals surface area (Å²) in [4.78, 5) is 42.6. The van der Waals surface area contributed by atoms with Crippen LogP contribution in [0.5, 0.6) is 0 Å². The number of hydrogen-bond acceptors (Lipinski definition) is 4. The summed E-state index contributed by atoms with van der Waals surface area (Å²) in [5, 5.41) is 0. The van der Waals surface area contributed by atoms with Crippen molar-refractivity contribution in [2.24, 2.45) is 0 Å². The molecule has 1 aromatic carbocycles. The van der Waals surface area contributed by atoms with Crippen LogP contribution >= 0.6 is 0 Å². The molecule has 0 saturated heterocycles. The van der Waals surface area contributed by atoms with Crippen LogP contribution in [-0.2, 0) is 17.6 Å². The number of methoxy groups -OCH3 is 1. The number of benzene rings is 1. The van der Waals surface area contributed by atoms with E-state index in [9.17, 15) is 14.4 Å². The maximum Gasteiger partial charge on any atom is 0.338 e. The molecule has 0 atom stereocenters. The molecule has 0 bridgehead atoms. The third-order valence-electron chi connectivity index (χ3n) is 5.55. The van der Waals surface area contributed by atoms with Gasteiger partial charge < -0.3 is 14.6 Å². The number of nitrogens with zero attached hydrogens (tertiary/aromatic N) is 1. The zero-order valence-corrected chi connectivity index (χ0v) is 15.6. The standard InChI is InChI=1S/C21H22N2O4/c1-12-18-15(8-4-10-17(18)24)22-19(12)20(25)23-11-5-7-13-14(21(26)27-2)6-3-9-16(13)23/h3,6,9,22H,4-5,7-8,10-11H2,1-2H3. The Morgan fingerprint density at radius 2 is 1.96 bits per heavy atom. The summed E-state index contributed by atoms with van der Waals surface area (Å²) in [6.45, 7) is 2.41. The summed E-state index contributed by atoms with van der Waals surface area (Å²) in [6.07, 6.45) is 3.63. The molecule has 1 amide bonds. The summed E-state index contributed by atoms with van der Waals surface area (Å²) in [6, 6.07) is 5.37. The highest BCUT2D eigenvalue weighted by molar-refractivity contribution is 6.10. The molecule has 140 valence electrons. The fourth-order valence-corrected chi connectivity index (χ4v) is 4.26. The quantitative estimate of drug-likeness (QED) is 0.828. The minimum Gasteiger partial charge on any atom is -0.465 e. The van der Waals surface area contributed by atoms with Crippen LogP contribution in [0.3, 0.4) is 0 Å². The average Bonchev–Trinajstić information content (AvgIpc) is 3.03. The minimum absolute atomic E-state index is 0.107. The first-order chi connectivity index (χ1) is 13.0. The van der Waals surface area contributed by atoms with Crippen LogP contribution in [0.2, 0.25) is 0 Å². The normalized spacial score (nSPS) is 15.9. The van der Waals surface area contributed by atoms with E-state index in [1.165, 1.54) is 7.11 Å². The van der Waals surface area contributed by atoms with Crippen molar-refractivity contribution in [2.45, 2.75) is 39.0 Å². The summed E-state index contributed by atoms with van der Waals surface area (Å²) < 4.78 is 4.88.